The highest BCUT2D eigenvalue weighted by Crippen LogP contribution is 2.07. The molecule has 0 heterocycles. The summed E-state index contributed by atoms with van der Waals surface area (Å²) in [5.41, 5.74) is 1.96. The minimum absolute atomic E-state index is 0.365. The fraction of sp³-hybridized carbons (Fsp3) is 0.333. The normalized spacial score (nSPS) is 10.0. The lowest BCUT2D eigenvalue weighted by molar-refractivity contribution is 0.485. The second-order valence-electron chi connectivity index (χ2n) is 2.39. The first-order chi connectivity index (χ1) is 5.36. The SMILES string of the molecule is FCc1cccc(CCBr)c1. The van der Waals surface area contributed by atoms with E-state index in [4.69, 9.17) is 0 Å². The van der Waals surface area contributed by atoms with Gasteiger partial charge in [0.05, 0.1) is 0 Å². The van der Waals surface area contributed by atoms with Crippen molar-refractivity contribution in [1.29, 1.82) is 0 Å². The predicted octanol–water partition coefficient (Wildman–Crippen LogP) is 3.09. The van der Waals surface area contributed by atoms with E-state index >= 15 is 0 Å². The van der Waals surface area contributed by atoms with E-state index in [-0.39, 0.29) is 6.67 Å². The monoisotopic (exact) mass is 216 g/mol. The zero-order valence-electron chi connectivity index (χ0n) is 6.19. The molecule has 2 heteroatoms. The van der Waals surface area contributed by atoms with Crippen LogP contribution in [0.4, 0.5) is 4.39 Å². The molecule has 60 valence electrons. The molecule has 0 unspecified atom stereocenters. The zero-order chi connectivity index (χ0) is 8.10. The summed E-state index contributed by atoms with van der Waals surface area (Å²) in [5.74, 6) is 0. The molecule has 0 spiro atoms. The molecule has 0 atom stereocenters. The minimum atomic E-state index is -0.365. The third kappa shape index (κ3) is 2.62. The molecule has 0 N–H and O–H groups in total. The van der Waals surface area contributed by atoms with Gasteiger partial charge in [0.2, 0.25) is 0 Å². The number of benzene rings is 1. The van der Waals surface area contributed by atoms with Gasteiger partial charge in [0.15, 0.2) is 0 Å². The van der Waals surface area contributed by atoms with Crippen molar-refractivity contribution in [2.24, 2.45) is 0 Å². The first-order valence-electron chi connectivity index (χ1n) is 3.56. The number of hydrogen-bond donors (Lipinski definition) is 0. The molecule has 0 aliphatic carbocycles. The van der Waals surface area contributed by atoms with Crippen molar-refractivity contribution in [3.63, 3.8) is 0 Å². The number of aryl methyl sites for hydroxylation is 1. The molecule has 0 bridgehead atoms. The Morgan fingerprint density at radius 3 is 2.64 bits per heavy atom. The maximum Gasteiger partial charge on any atom is 0.115 e. The molecule has 0 amide bonds. The molecule has 0 aromatic heterocycles. The number of alkyl halides is 2. The second-order valence-corrected chi connectivity index (χ2v) is 3.19. The molecule has 11 heavy (non-hydrogen) atoms. The standard InChI is InChI=1S/C9H10BrF/c10-5-4-8-2-1-3-9(6-8)7-11/h1-3,6H,4-5,7H2. The quantitative estimate of drug-likeness (QED) is 0.682. The summed E-state index contributed by atoms with van der Waals surface area (Å²) >= 11 is 3.34. The van der Waals surface area contributed by atoms with Gasteiger partial charge < -0.3 is 0 Å². The van der Waals surface area contributed by atoms with Gasteiger partial charge in [-0.15, -0.1) is 0 Å². The van der Waals surface area contributed by atoms with Crippen LogP contribution < -0.4 is 0 Å². The van der Waals surface area contributed by atoms with E-state index < -0.39 is 0 Å². The molecule has 0 nitrogen and oxygen atoms in total. The van der Waals surface area contributed by atoms with Crippen LogP contribution in [0.5, 0.6) is 0 Å². The van der Waals surface area contributed by atoms with Crippen LogP contribution in [0.1, 0.15) is 11.1 Å². The Morgan fingerprint density at radius 1 is 1.27 bits per heavy atom. The highest BCUT2D eigenvalue weighted by Gasteiger charge is 1.93. The first kappa shape index (κ1) is 8.72. The van der Waals surface area contributed by atoms with Crippen molar-refractivity contribution < 1.29 is 4.39 Å². The summed E-state index contributed by atoms with van der Waals surface area (Å²) in [6.07, 6.45) is 0.966. The number of rotatable bonds is 3. The Balaban J connectivity index is 2.74. The molecule has 0 saturated heterocycles. The topological polar surface area (TPSA) is 0 Å². The van der Waals surface area contributed by atoms with Crippen LogP contribution in [0.2, 0.25) is 0 Å². The highest BCUT2D eigenvalue weighted by atomic mass is 79.9. The lowest BCUT2D eigenvalue weighted by Gasteiger charge is -1.98. The largest absolute Gasteiger partial charge is 0.246 e. The summed E-state index contributed by atoms with van der Waals surface area (Å²) in [5, 5.41) is 0.933. The van der Waals surface area contributed by atoms with Crippen molar-refractivity contribution in [2.75, 3.05) is 5.33 Å². The first-order valence-corrected chi connectivity index (χ1v) is 4.68. The van der Waals surface area contributed by atoms with Crippen molar-refractivity contribution in [1.82, 2.24) is 0 Å². The molecular formula is C9H10BrF. The lowest BCUT2D eigenvalue weighted by Crippen LogP contribution is -1.87. The van der Waals surface area contributed by atoms with Gasteiger partial charge in [-0.3, -0.25) is 0 Å². The Labute approximate surface area is 74.6 Å². The molecule has 0 aliphatic rings. The van der Waals surface area contributed by atoms with E-state index in [1.54, 1.807) is 6.07 Å². The van der Waals surface area contributed by atoms with Gasteiger partial charge in [0, 0.05) is 5.33 Å². The molecule has 1 rings (SSSR count). The summed E-state index contributed by atoms with van der Waals surface area (Å²) in [4.78, 5) is 0. The smallest absolute Gasteiger partial charge is 0.115 e. The fourth-order valence-electron chi connectivity index (χ4n) is 0.977. The van der Waals surface area contributed by atoms with Gasteiger partial charge in [-0.1, -0.05) is 40.2 Å². The van der Waals surface area contributed by atoms with Gasteiger partial charge in [0.25, 0.3) is 0 Å². The van der Waals surface area contributed by atoms with Crippen LogP contribution in [0.25, 0.3) is 0 Å². The van der Waals surface area contributed by atoms with Crippen molar-refractivity contribution in [3.05, 3.63) is 35.4 Å². The van der Waals surface area contributed by atoms with E-state index in [1.807, 2.05) is 18.2 Å². The molecule has 1 aromatic rings. The van der Waals surface area contributed by atoms with Crippen molar-refractivity contribution in [2.45, 2.75) is 13.1 Å². The van der Waals surface area contributed by atoms with Crippen LogP contribution in [0.15, 0.2) is 24.3 Å². The average molecular weight is 217 g/mol. The van der Waals surface area contributed by atoms with Gasteiger partial charge >= 0.3 is 0 Å². The molecule has 0 saturated carbocycles. The number of hydrogen-bond acceptors (Lipinski definition) is 0. The van der Waals surface area contributed by atoms with E-state index in [0.29, 0.717) is 0 Å². The minimum Gasteiger partial charge on any atom is -0.246 e. The van der Waals surface area contributed by atoms with Gasteiger partial charge in [-0.2, -0.15) is 0 Å². The van der Waals surface area contributed by atoms with Gasteiger partial charge in [-0.05, 0) is 17.5 Å². The Bertz CT molecular complexity index is 223. The third-order valence-corrected chi connectivity index (χ3v) is 1.93. The predicted molar refractivity (Wildman–Crippen MR) is 48.8 cm³/mol. The lowest BCUT2D eigenvalue weighted by atomic mass is 10.1. The van der Waals surface area contributed by atoms with Crippen LogP contribution in [0.3, 0.4) is 0 Å². The maximum atomic E-state index is 12.1. The maximum absolute atomic E-state index is 12.1. The second kappa shape index (κ2) is 4.50. The molecule has 1 aromatic carbocycles. The van der Waals surface area contributed by atoms with E-state index in [1.165, 1.54) is 5.56 Å². The average Bonchev–Trinajstić information content (AvgIpc) is 2.06. The Kier molecular flexibility index (Phi) is 3.57. The summed E-state index contributed by atoms with van der Waals surface area (Å²) in [6.45, 7) is -0.365. The van der Waals surface area contributed by atoms with Crippen molar-refractivity contribution in [3.8, 4) is 0 Å². The van der Waals surface area contributed by atoms with Crippen LogP contribution >= 0.6 is 15.9 Å². The van der Waals surface area contributed by atoms with E-state index in [9.17, 15) is 4.39 Å². The van der Waals surface area contributed by atoms with E-state index in [2.05, 4.69) is 15.9 Å². The van der Waals surface area contributed by atoms with Crippen LogP contribution in [-0.4, -0.2) is 5.33 Å². The zero-order valence-corrected chi connectivity index (χ0v) is 7.77. The molecule has 0 radical (unpaired) electrons. The van der Waals surface area contributed by atoms with E-state index in [0.717, 1.165) is 17.3 Å². The third-order valence-electron chi connectivity index (χ3n) is 1.53. The molecule has 0 aliphatic heterocycles. The summed E-state index contributed by atoms with van der Waals surface area (Å²) in [7, 11) is 0. The number of halogens is 2. The van der Waals surface area contributed by atoms with Crippen LogP contribution in [-0.2, 0) is 13.1 Å². The summed E-state index contributed by atoms with van der Waals surface area (Å²) < 4.78 is 12.1. The fourth-order valence-corrected chi connectivity index (χ4v) is 1.44. The molecular weight excluding hydrogens is 207 g/mol. The van der Waals surface area contributed by atoms with Crippen molar-refractivity contribution >= 4 is 15.9 Å². The van der Waals surface area contributed by atoms with Gasteiger partial charge in [-0.25, -0.2) is 4.39 Å². The molecule has 0 fully saturated rings. The Morgan fingerprint density at radius 2 is 2.00 bits per heavy atom. The van der Waals surface area contributed by atoms with Crippen LogP contribution in [0, 0.1) is 0 Å². The summed E-state index contributed by atoms with van der Waals surface area (Å²) in [6, 6.07) is 7.62. The van der Waals surface area contributed by atoms with Gasteiger partial charge in [0.1, 0.15) is 6.67 Å². The highest BCUT2D eigenvalue weighted by molar-refractivity contribution is 9.09. The Hall–Kier alpha value is -0.370.